The van der Waals surface area contributed by atoms with Gasteiger partial charge in [0.2, 0.25) is 0 Å². The van der Waals surface area contributed by atoms with Gasteiger partial charge in [-0.1, -0.05) is 48.9 Å². The van der Waals surface area contributed by atoms with Crippen molar-refractivity contribution < 1.29 is 19.1 Å². The summed E-state index contributed by atoms with van der Waals surface area (Å²) in [6, 6.07) is 14.9. The van der Waals surface area contributed by atoms with Gasteiger partial charge in [0.15, 0.2) is 12.4 Å². The summed E-state index contributed by atoms with van der Waals surface area (Å²) in [5.74, 6) is 0.0617. The van der Waals surface area contributed by atoms with Crippen molar-refractivity contribution in [3.8, 4) is 5.75 Å². The molecule has 4 nitrogen and oxygen atoms in total. The highest BCUT2D eigenvalue weighted by Gasteiger charge is 2.10. The van der Waals surface area contributed by atoms with Crippen LogP contribution in [0.15, 0.2) is 48.5 Å². The van der Waals surface area contributed by atoms with Crippen molar-refractivity contribution >= 4 is 11.8 Å². The Balaban J connectivity index is 1.70. The number of ketones is 1. The molecule has 0 bridgehead atoms. The highest BCUT2D eigenvalue weighted by molar-refractivity contribution is 5.97. The zero-order valence-electron chi connectivity index (χ0n) is 14.1. The summed E-state index contributed by atoms with van der Waals surface area (Å²) >= 11 is 0. The van der Waals surface area contributed by atoms with Gasteiger partial charge in [-0.15, -0.1) is 0 Å². The molecule has 0 N–H and O–H groups in total. The normalized spacial score (nSPS) is 10.2. The first-order chi connectivity index (χ1) is 11.6. The van der Waals surface area contributed by atoms with E-state index in [0.717, 1.165) is 17.5 Å². The zero-order chi connectivity index (χ0) is 17.4. The Bertz CT molecular complexity index is 672. The average Bonchev–Trinajstić information content (AvgIpc) is 2.61. The predicted molar refractivity (Wildman–Crippen MR) is 92.4 cm³/mol. The quantitative estimate of drug-likeness (QED) is 0.547. The number of esters is 1. The average molecular weight is 326 g/mol. The molecule has 0 radical (unpaired) electrons. The van der Waals surface area contributed by atoms with Gasteiger partial charge in [0.25, 0.3) is 0 Å². The van der Waals surface area contributed by atoms with Crippen molar-refractivity contribution in [2.24, 2.45) is 0 Å². The summed E-state index contributed by atoms with van der Waals surface area (Å²) in [7, 11) is 0. The Morgan fingerprint density at radius 1 is 0.958 bits per heavy atom. The van der Waals surface area contributed by atoms with E-state index >= 15 is 0 Å². The smallest absolute Gasteiger partial charge is 0.309 e. The molecule has 0 amide bonds. The molecule has 2 aromatic carbocycles. The van der Waals surface area contributed by atoms with Crippen LogP contribution in [0, 0.1) is 6.92 Å². The molecule has 24 heavy (non-hydrogen) atoms. The van der Waals surface area contributed by atoms with E-state index < -0.39 is 5.97 Å². The molecule has 2 aromatic rings. The van der Waals surface area contributed by atoms with E-state index in [-0.39, 0.29) is 25.4 Å². The van der Waals surface area contributed by atoms with Crippen molar-refractivity contribution in [1.82, 2.24) is 0 Å². The summed E-state index contributed by atoms with van der Waals surface area (Å²) < 4.78 is 10.5. The van der Waals surface area contributed by atoms with Crippen molar-refractivity contribution in [3.05, 3.63) is 65.2 Å². The number of hydrogen-bond acceptors (Lipinski definition) is 4. The number of ether oxygens (including phenoxy) is 2. The van der Waals surface area contributed by atoms with E-state index in [2.05, 4.69) is 6.92 Å². The monoisotopic (exact) mass is 326 g/mol. The van der Waals surface area contributed by atoms with Gasteiger partial charge in [0, 0.05) is 5.56 Å². The highest BCUT2D eigenvalue weighted by atomic mass is 16.5. The number of benzene rings is 2. The Labute approximate surface area is 142 Å². The molecule has 0 fully saturated rings. The number of rotatable bonds is 8. The topological polar surface area (TPSA) is 52.6 Å². The molecule has 0 spiro atoms. The number of Topliss-reactive ketones (excluding diaryl/α,β-unsaturated/α-hetero) is 1. The minimum absolute atomic E-state index is 0.107. The van der Waals surface area contributed by atoms with Gasteiger partial charge in [0.1, 0.15) is 5.75 Å². The molecule has 4 heteroatoms. The molecule has 0 aliphatic heterocycles. The molecule has 0 aliphatic rings. The molecule has 0 aromatic heterocycles. The Morgan fingerprint density at radius 3 is 2.25 bits per heavy atom. The highest BCUT2D eigenvalue weighted by Crippen LogP contribution is 2.11. The molecule has 2 rings (SSSR count). The van der Waals surface area contributed by atoms with Crippen LogP contribution in [0.5, 0.6) is 5.75 Å². The fourth-order valence-corrected chi connectivity index (χ4v) is 2.11. The standard InChI is InChI=1S/C20H22O4/c1-3-16-6-8-17(9-7-16)19(21)14-24-20(22)12-13-23-18-10-4-15(2)5-11-18/h4-11H,3,12-14H2,1-2H3. The van der Waals surface area contributed by atoms with Crippen molar-refractivity contribution in [3.63, 3.8) is 0 Å². The van der Waals surface area contributed by atoms with Gasteiger partial charge in [-0.25, -0.2) is 0 Å². The first-order valence-corrected chi connectivity index (χ1v) is 8.05. The third-order valence-corrected chi connectivity index (χ3v) is 3.64. The van der Waals surface area contributed by atoms with E-state index in [1.54, 1.807) is 12.1 Å². The van der Waals surface area contributed by atoms with Gasteiger partial charge in [-0.2, -0.15) is 0 Å². The minimum atomic E-state index is -0.444. The van der Waals surface area contributed by atoms with Crippen LogP contribution in [0.4, 0.5) is 0 Å². The van der Waals surface area contributed by atoms with Crippen LogP contribution in [0.2, 0.25) is 0 Å². The number of carbonyl (C=O) groups is 2. The van der Waals surface area contributed by atoms with Crippen molar-refractivity contribution in [2.45, 2.75) is 26.7 Å². The lowest BCUT2D eigenvalue weighted by molar-refractivity contribution is -0.143. The maximum Gasteiger partial charge on any atom is 0.309 e. The second-order valence-corrected chi connectivity index (χ2v) is 5.55. The van der Waals surface area contributed by atoms with E-state index in [9.17, 15) is 9.59 Å². The molecular weight excluding hydrogens is 304 g/mol. The Hall–Kier alpha value is -2.62. The molecule has 0 heterocycles. The Morgan fingerprint density at radius 2 is 1.62 bits per heavy atom. The fourth-order valence-electron chi connectivity index (χ4n) is 2.11. The maximum absolute atomic E-state index is 12.0. The summed E-state index contributed by atoms with van der Waals surface area (Å²) in [4.78, 5) is 23.6. The van der Waals surface area contributed by atoms with E-state index in [1.807, 2.05) is 43.3 Å². The van der Waals surface area contributed by atoms with Crippen molar-refractivity contribution in [1.29, 1.82) is 0 Å². The van der Waals surface area contributed by atoms with Crippen LogP contribution in [0.25, 0.3) is 0 Å². The summed E-state index contributed by atoms with van der Waals surface area (Å²) in [5, 5.41) is 0. The van der Waals surface area contributed by atoms with Gasteiger partial charge in [-0.3, -0.25) is 9.59 Å². The predicted octanol–water partition coefficient (Wildman–Crippen LogP) is 3.75. The number of carbonyl (C=O) groups excluding carboxylic acids is 2. The SMILES string of the molecule is CCc1ccc(C(=O)COC(=O)CCOc2ccc(C)cc2)cc1. The lowest BCUT2D eigenvalue weighted by Gasteiger charge is -2.07. The van der Waals surface area contributed by atoms with Gasteiger partial charge < -0.3 is 9.47 Å². The number of aryl methyl sites for hydroxylation is 2. The Kier molecular flexibility index (Phi) is 6.55. The molecule has 0 atom stereocenters. The maximum atomic E-state index is 12.0. The van der Waals surface area contributed by atoms with Crippen LogP contribution in [-0.2, 0) is 16.0 Å². The lowest BCUT2D eigenvalue weighted by atomic mass is 10.1. The minimum Gasteiger partial charge on any atom is -0.493 e. The second kappa shape index (κ2) is 8.87. The van der Waals surface area contributed by atoms with Gasteiger partial charge >= 0.3 is 5.97 Å². The van der Waals surface area contributed by atoms with Crippen LogP contribution >= 0.6 is 0 Å². The summed E-state index contributed by atoms with van der Waals surface area (Å²) in [5.41, 5.74) is 2.86. The largest absolute Gasteiger partial charge is 0.493 e. The lowest BCUT2D eigenvalue weighted by Crippen LogP contribution is -2.16. The van der Waals surface area contributed by atoms with Crippen LogP contribution < -0.4 is 4.74 Å². The zero-order valence-corrected chi connectivity index (χ0v) is 14.1. The molecule has 0 saturated carbocycles. The van der Waals surface area contributed by atoms with E-state index in [0.29, 0.717) is 11.3 Å². The summed E-state index contributed by atoms with van der Waals surface area (Å²) in [6.07, 6.45) is 1.03. The molecule has 0 aliphatic carbocycles. The van der Waals surface area contributed by atoms with Crippen LogP contribution in [-0.4, -0.2) is 25.0 Å². The van der Waals surface area contributed by atoms with E-state index in [1.165, 1.54) is 0 Å². The third kappa shape index (κ3) is 5.54. The summed E-state index contributed by atoms with van der Waals surface area (Å²) in [6.45, 7) is 4.03. The van der Waals surface area contributed by atoms with Crippen molar-refractivity contribution in [2.75, 3.05) is 13.2 Å². The fraction of sp³-hybridized carbons (Fsp3) is 0.300. The van der Waals surface area contributed by atoms with Crippen LogP contribution in [0.1, 0.15) is 34.8 Å². The second-order valence-electron chi connectivity index (χ2n) is 5.55. The molecule has 126 valence electrons. The number of hydrogen-bond donors (Lipinski definition) is 0. The first-order valence-electron chi connectivity index (χ1n) is 8.05. The van der Waals surface area contributed by atoms with Gasteiger partial charge in [0.05, 0.1) is 13.0 Å². The van der Waals surface area contributed by atoms with Crippen LogP contribution in [0.3, 0.4) is 0 Å². The third-order valence-electron chi connectivity index (χ3n) is 3.64. The molecule has 0 unspecified atom stereocenters. The van der Waals surface area contributed by atoms with E-state index in [4.69, 9.17) is 9.47 Å². The van der Waals surface area contributed by atoms with Gasteiger partial charge in [-0.05, 0) is 31.0 Å². The molecule has 0 saturated heterocycles. The first kappa shape index (κ1) is 17.7. The molecular formula is C20H22O4.